The molecule has 3 N–H and O–H groups in total. The number of fused-ring (bicyclic) bond motifs is 3. The fourth-order valence-electron chi connectivity index (χ4n) is 4.54. The van der Waals surface area contributed by atoms with Gasteiger partial charge in [0.25, 0.3) is 0 Å². The minimum absolute atomic E-state index is 0.214. The van der Waals surface area contributed by atoms with Crippen molar-refractivity contribution in [3.05, 3.63) is 30.5 Å². The first-order valence-corrected chi connectivity index (χ1v) is 14.6. The lowest BCUT2D eigenvalue weighted by atomic mass is 10.1. The second-order valence-electron chi connectivity index (χ2n) is 9.10. The molecule has 1 aliphatic heterocycles. The van der Waals surface area contributed by atoms with E-state index in [1.165, 1.54) is 6.26 Å². The highest BCUT2D eigenvalue weighted by molar-refractivity contribution is 7.88. The molecule has 1 atom stereocenters. The summed E-state index contributed by atoms with van der Waals surface area (Å²) in [5.74, 6) is 0.951. The minimum atomic E-state index is -3.22. The summed E-state index contributed by atoms with van der Waals surface area (Å²) in [6.45, 7) is 4.14. The van der Waals surface area contributed by atoms with E-state index in [1.54, 1.807) is 0 Å². The van der Waals surface area contributed by atoms with Gasteiger partial charge in [-0.2, -0.15) is 9.83 Å². The molecule has 1 aromatic carbocycles. The maximum Gasteiger partial charge on any atom is 0.404 e. The van der Waals surface area contributed by atoms with E-state index in [2.05, 4.69) is 28.0 Å². The van der Waals surface area contributed by atoms with Crippen LogP contribution in [0.1, 0.15) is 58.3 Å². The van der Waals surface area contributed by atoms with Crippen LogP contribution in [0.2, 0.25) is 0 Å². The molecule has 198 valence electrons. The van der Waals surface area contributed by atoms with E-state index in [0.29, 0.717) is 32.7 Å². The van der Waals surface area contributed by atoms with Crippen LogP contribution in [0, 0.1) is 0 Å². The Balaban J connectivity index is 1.78. The third-order valence-corrected chi connectivity index (χ3v) is 6.88. The maximum absolute atomic E-state index is 11.5. The summed E-state index contributed by atoms with van der Waals surface area (Å²) in [4.78, 5) is 26.9. The number of aromatic nitrogens is 1. The summed E-state index contributed by atoms with van der Waals surface area (Å²) < 4.78 is 25.7. The number of nitrogens with one attached hydrogen (secondary N) is 2. The van der Waals surface area contributed by atoms with Crippen molar-refractivity contribution >= 4 is 44.2 Å². The first-order valence-electron chi connectivity index (χ1n) is 12.7. The number of para-hydroxylation sites is 1. The molecule has 1 aliphatic rings. The van der Waals surface area contributed by atoms with Gasteiger partial charge in [-0.25, -0.2) is 17.9 Å². The number of carboxylic acid groups (broad SMARTS) is 1. The van der Waals surface area contributed by atoms with Crippen LogP contribution in [-0.4, -0.2) is 62.9 Å². The summed E-state index contributed by atoms with van der Waals surface area (Å²) >= 11 is 0. The molecule has 0 radical (unpaired) electrons. The zero-order chi connectivity index (χ0) is 26.0. The van der Waals surface area contributed by atoms with Crippen LogP contribution in [0.15, 0.2) is 35.5 Å². The number of sulfonamides is 1. The summed E-state index contributed by atoms with van der Waals surface area (Å²) in [7, 11) is -3.22. The third-order valence-electron chi connectivity index (χ3n) is 6.15. The Hall–Kier alpha value is -2.60. The van der Waals surface area contributed by atoms with Crippen molar-refractivity contribution in [3.63, 3.8) is 0 Å². The molecule has 0 aliphatic carbocycles. The highest BCUT2D eigenvalue weighted by Crippen LogP contribution is 2.46. The van der Waals surface area contributed by atoms with Crippen LogP contribution in [0.5, 0.6) is 0 Å². The molecule has 0 bridgehead atoms. The number of carbonyl (C=O) groups is 1. The number of aliphatic imine (C=N–C) groups is 1. The van der Waals surface area contributed by atoms with Gasteiger partial charge in [0, 0.05) is 25.9 Å². The molecular weight excluding hydrogens is 482 g/mol. The quantitative estimate of drug-likeness (QED) is 0.221. The number of benzene rings is 1. The fraction of sp³-hybridized carbons (Fsp3) is 0.560. The molecular formula is C25H38N5O5S+. The van der Waals surface area contributed by atoms with E-state index in [1.807, 2.05) is 24.4 Å². The molecule has 0 saturated carbocycles. The molecule has 2 heterocycles. The number of unbranched alkanes of at least 4 members (excludes halogenated alkanes) is 4. The molecule has 1 amide bonds. The lowest BCUT2D eigenvalue weighted by Crippen LogP contribution is -2.53. The van der Waals surface area contributed by atoms with E-state index in [0.717, 1.165) is 73.1 Å². The summed E-state index contributed by atoms with van der Waals surface area (Å²) in [5, 5.41) is 12.1. The van der Waals surface area contributed by atoms with Crippen LogP contribution < -0.4 is 14.7 Å². The molecule has 0 fully saturated rings. The Labute approximate surface area is 213 Å². The smallest absolute Gasteiger partial charge is 0.404 e. The standard InChI is InChI=1S/C25H37N5O5S/c1-3-12-23-29-22-19-27-21-14-7-6-13-20(21)24(22)30(23,17-10-9-16-28-36(2,33)34)35-18-11-5-4-8-15-26-25(31)32/h6-7,13-14,19,26,28H,3-5,8-12,15-18H2,1-2H3/p+1. The molecule has 3 rings (SSSR count). The molecule has 2 aromatic rings. The maximum atomic E-state index is 11.5. The Kier molecular flexibility index (Phi) is 10.2. The molecule has 11 heteroatoms. The average molecular weight is 521 g/mol. The van der Waals surface area contributed by atoms with Crippen molar-refractivity contribution in [2.24, 2.45) is 4.99 Å². The Morgan fingerprint density at radius 2 is 1.83 bits per heavy atom. The first kappa shape index (κ1) is 28.0. The van der Waals surface area contributed by atoms with E-state index < -0.39 is 16.1 Å². The highest BCUT2D eigenvalue weighted by atomic mass is 32.2. The zero-order valence-corrected chi connectivity index (χ0v) is 22.0. The number of rotatable bonds is 16. The predicted octanol–water partition coefficient (Wildman–Crippen LogP) is 4.47. The Morgan fingerprint density at radius 1 is 1.08 bits per heavy atom. The number of hydroxylamine groups is 2. The normalized spacial score (nSPS) is 17.2. The number of pyridine rings is 1. The summed E-state index contributed by atoms with van der Waals surface area (Å²) in [5.41, 5.74) is 2.72. The zero-order valence-electron chi connectivity index (χ0n) is 21.2. The van der Waals surface area contributed by atoms with Crippen molar-refractivity contribution in [3.8, 4) is 0 Å². The second-order valence-corrected chi connectivity index (χ2v) is 10.9. The molecule has 0 spiro atoms. The van der Waals surface area contributed by atoms with Gasteiger partial charge in [0.1, 0.15) is 13.2 Å². The van der Waals surface area contributed by atoms with Crippen LogP contribution in [0.25, 0.3) is 10.9 Å². The molecule has 36 heavy (non-hydrogen) atoms. The van der Waals surface area contributed by atoms with Gasteiger partial charge in [0.15, 0.2) is 5.69 Å². The van der Waals surface area contributed by atoms with Crippen LogP contribution >= 0.6 is 0 Å². The van der Waals surface area contributed by atoms with Crippen molar-refractivity contribution in [1.29, 1.82) is 0 Å². The summed E-state index contributed by atoms with van der Waals surface area (Å²) in [6.07, 6.45) is 8.63. The SMILES string of the molecule is CCCC1=Nc2cnc3ccccc3c2[N+]1(CCCCNS(C)(=O)=O)OCCCCCCNC(=O)O. The van der Waals surface area contributed by atoms with E-state index >= 15 is 0 Å². The largest absolute Gasteiger partial charge is 0.465 e. The monoisotopic (exact) mass is 520 g/mol. The number of amidine groups is 1. The van der Waals surface area contributed by atoms with Crippen molar-refractivity contribution in [2.45, 2.75) is 58.3 Å². The third kappa shape index (κ3) is 7.45. The van der Waals surface area contributed by atoms with Gasteiger partial charge in [-0.05, 0) is 37.8 Å². The lowest BCUT2D eigenvalue weighted by Gasteiger charge is -2.33. The van der Waals surface area contributed by atoms with Gasteiger partial charge in [-0.1, -0.05) is 31.9 Å². The number of nitrogens with zero attached hydrogens (tertiary/aromatic N) is 3. The van der Waals surface area contributed by atoms with Gasteiger partial charge in [0.2, 0.25) is 21.5 Å². The number of hydrogen-bond donors (Lipinski definition) is 3. The molecule has 10 nitrogen and oxygen atoms in total. The van der Waals surface area contributed by atoms with Crippen molar-refractivity contribution in [1.82, 2.24) is 19.7 Å². The highest BCUT2D eigenvalue weighted by Gasteiger charge is 2.47. The number of quaternary nitrogens is 1. The molecule has 1 unspecified atom stereocenters. The Bertz CT molecular complexity index is 1170. The van der Waals surface area contributed by atoms with E-state index in [-0.39, 0.29) is 4.65 Å². The predicted molar refractivity (Wildman–Crippen MR) is 143 cm³/mol. The summed E-state index contributed by atoms with van der Waals surface area (Å²) in [6, 6.07) is 8.01. The van der Waals surface area contributed by atoms with Crippen molar-refractivity contribution < 1.29 is 23.2 Å². The topological polar surface area (TPSA) is 130 Å². The molecule has 0 saturated heterocycles. The number of amides is 1. The van der Waals surface area contributed by atoms with Gasteiger partial charge < -0.3 is 10.4 Å². The Morgan fingerprint density at radius 3 is 2.58 bits per heavy atom. The average Bonchev–Trinajstić information content (AvgIpc) is 3.13. The van der Waals surface area contributed by atoms with Crippen molar-refractivity contribution in [2.75, 3.05) is 32.5 Å². The van der Waals surface area contributed by atoms with Gasteiger partial charge >= 0.3 is 6.09 Å². The minimum Gasteiger partial charge on any atom is -0.465 e. The van der Waals surface area contributed by atoms with E-state index in [9.17, 15) is 13.2 Å². The lowest BCUT2D eigenvalue weighted by molar-refractivity contribution is -0.0909. The van der Waals surface area contributed by atoms with Crippen LogP contribution in [-0.2, 0) is 14.9 Å². The van der Waals surface area contributed by atoms with Gasteiger partial charge in [-0.3, -0.25) is 4.98 Å². The number of hydrogen-bond acceptors (Lipinski definition) is 6. The van der Waals surface area contributed by atoms with Crippen LogP contribution in [0.4, 0.5) is 16.2 Å². The fourth-order valence-corrected chi connectivity index (χ4v) is 5.06. The van der Waals surface area contributed by atoms with Gasteiger partial charge in [-0.15, -0.1) is 4.65 Å². The van der Waals surface area contributed by atoms with Crippen LogP contribution in [0.3, 0.4) is 0 Å². The van der Waals surface area contributed by atoms with Gasteiger partial charge in [0.05, 0.1) is 23.4 Å². The second kappa shape index (κ2) is 13.1. The molecule has 1 aromatic heterocycles. The van der Waals surface area contributed by atoms with E-state index in [4.69, 9.17) is 14.9 Å². The first-order chi connectivity index (χ1) is 17.3.